The maximum absolute atomic E-state index is 11.8. The molecule has 1 amide bonds. The highest BCUT2D eigenvalue weighted by Gasteiger charge is 2.21. The molecule has 0 atom stereocenters. The van der Waals surface area contributed by atoms with Crippen LogP contribution in [-0.4, -0.2) is 49.4 Å². The second-order valence-corrected chi connectivity index (χ2v) is 5.31. The number of amides is 1. The molecule has 0 bridgehead atoms. The maximum Gasteiger partial charge on any atom is 0.410 e. The second-order valence-electron chi connectivity index (χ2n) is 5.31. The van der Waals surface area contributed by atoms with E-state index in [2.05, 4.69) is 0 Å². The summed E-state index contributed by atoms with van der Waals surface area (Å²) in [7, 11) is 0. The standard InChI is InChI=1S/C16H21NO5/c1-12(2)22-14-5-3-4-13(10-14)11-15(18)20-8-6-17-7-9-21-16(17)19/h3-5,10,12H,6-9,11H2,1-2H3. The normalized spacial score (nSPS) is 14.1. The molecular weight excluding hydrogens is 286 g/mol. The van der Waals surface area contributed by atoms with Gasteiger partial charge < -0.3 is 19.1 Å². The topological polar surface area (TPSA) is 65.1 Å². The van der Waals surface area contributed by atoms with E-state index in [-0.39, 0.29) is 31.2 Å². The Morgan fingerprint density at radius 3 is 2.91 bits per heavy atom. The lowest BCUT2D eigenvalue weighted by atomic mass is 10.1. The molecule has 0 saturated carbocycles. The fraction of sp³-hybridized carbons (Fsp3) is 0.500. The average molecular weight is 307 g/mol. The van der Waals surface area contributed by atoms with E-state index in [1.165, 1.54) is 4.90 Å². The molecular formula is C16H21NO5. The molecule has 6 heteroatoms. The van der Waals surface area contributed by atoms with Gasteiger partial charge >= 0.3 is 12.1 Å². The summed E-state index contributed by atoms with van der Waals surface area (Å²) < 4.78 is 15.5. The van der Waals surface area contributed by atoms with Crippen molar-refractivity contribution in [1.82, 2.24) is 4.90 Å². The first-order chi connectivity index (χ1) is 10.5. The van der Waals surface area contributed by atoms with Crippen molar-refractivity contribution in [3.8, 4) is 5.75 Å². The van der Waals surface area contributed by atoms with Crippen LogP contribution in [0.3, 0.4) is 0 Å². The van der Waals surface area contributed by atoms with E-state index in [1.54, 1.807) is 0 Å². The van der Waals surface area contributed by atoms with Crippen molar-refractivity contribution >= 4 is 12.1 Å². The third kappa shape index (κ3) is 4.95. The van der Waals surface area contributed by atoms with E-state index in [1.807, 2.05) is 38.1 Å². The third-order valence-electron chi connectivity index (χ3n) is 3.09. The number of nitrogens with zero attached hydrogens (tertiary/aromatic N) is 1. The van der Waals surface area contributed by atoms with Crippen molar-refractivity contribution in [2.75, 3.05) is 26.3 Å². The fourth-order valence-electron chi connectivity index (χ4n) is 2.12. The summed E-state index contributed by atoms with van der Waals surface area (Å²) >= 11 is 0. The molecule has 1 aromatic carbocycles. The van der Waals surface area contributed by atoms with Crippen LogP contribution in [0.1, 0.15) is 19.4 Å². The lowest BCUT2D eigenvalue weighted by Crippen LogP contribution is -2.29. The Hall–Kier alpha value is -2.24. The fourth-order valence-corrected chi connectivity index (χ4v) is 2.12. The Labute approximate surface area is 129 Å². The molecule has 0 unspecified atom stereocenters. The van der Waals surface area contributed by atoms with Crippen molar-refractivity contribution in [2.24, 2.45) is 0 Å². The molecule has 0 spiro atoms. The van der Waals surface area contributed by atoms with Gasteiger partial charge in [0.2, 0.25) is 0 Å². The van der Waals surface area contributed by atoms with Gasteiger partial charge in [-0.25, -0.2) is 4.79 Å². The van der Waals surface area contributed by atoms with Gasteiger partial charge in [-0.15, -0.1) is 0 Å². The minimum absolute atomic E-state index is 0.0856. The third-order valence-corrected chi connectivity index (χ3v) is 3.09. The Balaban J connectivity index is 1.75. The largest absolute Gasteiger partial charge is 0.491 e. The van der Waals surface area contributed by atoms with E-state index in [9.17, 15) is 9.59 Å². The molecule has 1 aromatic rings. The van der Waals surface area contributed by atoms with Gasteiger partial charge in [0.15, 0.2) is 0 Å². The van der Waals surface area contributed by atoms with E-state index in [4.69, 9.17) is 14.2 Å². The first kappa shape index (κ1) is 16.1. The van der Waals surface area contributed by atoms with Crippen molar-refractivity contribution in [2.45, 2.75) is 26.4 Å². The predicted octanol–water partition coefficient (Wildman–Crippen LogP) is 2.01. The van der Waals surface area contributed by atoms with Crippen LogP contribution in [0.25, 0.3) is 0 Å². The number of carbonyl (C=O) groups excluding carboxylic acids is 2. The highest BCUT2D eigenvalue weighted by atomic mass is 16.6. The molecule has 22 heavy (non-hydrogen) atoms. The number of esters is 1. The molecule has 1 aliphatic heterocycles. The zero-order chi connectivity index (χ0) is 15.9. The average Bonchev–Trinajstić information content (AvgIpc) is 2.84. The molecule has 1 heterocycles. The number of rotatable bonds is 7. The first-order valence-corrected chi connectivity index (χ1v) is 7.37. The monoisotopic (exact) mass is 307 g/mol. The predicted molar refractivity (Wildman–Crippen MR) is 79.8 cm³/mol. The number of cyclic esters (lactones) is 1. The number of ether oxygens (including phenoxy) is 3. The molecule has 120 valence electrons. The van der Waals surface area contributed by atoms with Gasteiger partial charge in [0.05, 0.1) is 25.6 Å². The van der Waals surface area contributed by atoms with Crippen LogP contribution in [-0.2, 0) is 20.7 Å². The summed E-state index contributed by atoms with van der Waals surface area (Å²) in [6, 6.07) is 7.39. The molecule has 0 radical (unpaired) electrons. The van der Waals surface area contributed by atoms with Crippen LogP contribution in [0, 0.1) is 0 Å². The van der Waals surface area contributed by atoms with E-state index in [0.29, 0.717) is 19.7 Å². The molecule has 1 fully saturated rings. The first-order valence-electron chi connectivity index (χ1n) is 7.37. The van der Waals surface area contributed by atoms with Gasteiger partial charge in [0.25, 0.3) is 0 Å². The maximum atomic E-state index is 11.8. The molecule has 2 rings (SSSR count). The molecule has 1 saturated heterocycles. The smallest absolute Gasteiger partial charge is 0.410 e. The van der Waals surface area contributed by atoms with Gasteiger partial charge in [-0.1, -0.05) is 12.1 Å². The summed E-state index contributed by atoms with van der Waals surface area (Å²) in [5.74, 6) is 0.411. The molecule has 0 aromatic heterocycles. The SMILES string of the molecule is CC(C)Oc1cccc(CC(=O)OCCN2CCOC2=O)c1. The zero-order valence-corrected chi connectivity index (χ0v) is 12.9. The van der Waals surface area contributed by atoms with Gasteiger partial charge in [0, 0.05) is 0 Å². The molecule has 1 aliphatic rings. The summed E-state index contributed by atoms with van der Waals surface area (Å²) in [5.41, 5.74) is 0.837. The van der Waals surface area contributed by atoms with E-state index in [0.717, 1.165) is 11.3 Å². The van der Waals surface area contributed by atoms with Gasteiger partial charge in [-0.2, -0.15) is 0 Å². The highest BCUT2D eigenvalue weighted by Crippen LogP contribution is 2.15. The van der Waals surface area contributed by atoms with Crippen molar-refractivity contribution in [3.05, 3.63) is 29.8 Å². The summed E-state index contributed by atoms with van der Waals surface area (Å²) in [6.45, 7) is 5.38. The highest BCUT2D eigenvalue weighted by molar-refractivity contribution is 5.73. The van der Waals surface area contributed by atoms with Gasteiger partial charge in [-0.05, 0) is 31.5 Å². The van der Waals surface area contributed by atoms with E-state index < -0.39 is 0 Å². The minimum atomic E-state index is -0.352. The Bertz CT molecular complexity index is 529. The van der Waals surface area contributed by atoms with Gasteiger partial charge in [0.1, 0.15) is 19.0 Å². The number of hydrogen-bond donors (Lipinski definition) is 0. The number of hydrogen-bond acceptors (Lipinski definition) is 5. The minimum Gasteiger partial charge on any atom is -0.491 e. The van der Waals surface area contributed by atoms with Gasteiger partial charge in [-0.3, -0.25) is 4.79 Å². The Morgan fingerprint density at radius 2 is 2.23 bits per heavy atom. The number of benzene rings is 1. The van der Waals surface area contributed by atoms with Crippen molar-refractivity contribution in [3.63, 3.8) is 0 Å². The zero-order valence-electron chi connectivity index (χ0n) is 12.9. The summed E-state index contributed by atoms with van der Waals surface area (Å²) in [4.78, 5) is 24.5. The second kappa shape index (κ2) is 7.68. The summed E-state index contributed by atoms with van der Waals surface area (Å²) in [5, 5.41) is 0. The lowest BCUT2D eigenvalue weighted by molar-refractivity contribution is -0.143. The summed E-state index contributed by atoms with van der Waals surface area (Å²) in [6.07, 6.45) is -0.0864. The van der Waals surface area contributed by atoms with Crippen molar-refractivity contribution < 1.29 is 23.8 Å². The van der Waals surface area contributed by atoms with E-state index >= 15 is 0 Å². The van der Waals surface area contributed by atoms with Crippen LogP contribution in [0.2, 0.25) is 0 Å². The van der Waals surface area contributed by atoms with Crippen LogP contribution < -0.4 is 4.74 Å². The van der Waals surface area contributed by atoms with Crippen LogP contribution >= 0.6 is 0 Å². The molecule has 0 aliphatic carbocycles. The Kier molecular flexibility index (Phi) is 5.63. The Morgan fingerprint density at radius 1 is 1.41 bits per heavy atom. The van der Waals surface area contributed by atoms with Crippen molar-refractivity contribution in [1.29, 1.82) is 0 Å². The van der Waals surface area contributed by atoms with Crippen LogP contribution in [0.5, 0.6) is 5.75 Å². The van der Waals surface area contributed by atoms with Crippen LogP contribution in [0.15, 0.2) is 24.3 Å². The quantitative estimate of drug-likeness (QED) is 0.721. The lowest BCUT2D eigenvalue weighted by Gasteiger charge is -2.13. The van der Waals surface area contributed by atoms with Crippen LogP contribution in [0.4, 0.5) is 4.79 Å². The molecule has 6 nitrogen and oxygen atoms in total. The number of carbonyl (C=O) groups is 2. The molecule has 0 N–H and O–H groups in total.